The van der Waals surface area contributed by atoms with Gasteiger partial charge in [-0.3, -0.25) is 0 Å². The molecule has 7 heavy (non-hydrogen) atoms. The van der Waals surface area contributed by atoms with Crippen LogP contribution in [0.5, 0.6) is 0 Å². The van der Waals surface area contributed by atoms with E-state index in [-0.39, 0.29) is 0 Å². The molecule has 0 rings (SSSR count). The van der Waals surface area contributed by atoms with Gasteiger partial charge in [-0.2, -0.15) is 0 Å². The van der Waals surface area contributed by atoms with E-state index in [2.05, 4.69) is 13.5 Å². The molecular weight excluding hydrogens is 108 g/mol. The van der Waals surface area contributed by atoms with Crippen LogP contribution in [-0.2, 0) is 11.2 Å². The van der Waals surface area contributed by atoms with Crippen LogP contribution in [0.25, 0.3) is 0 Å². The van der Waals surface area contributed by atoms with Gasteiger partial charge in [0, 0.05) is 0 Å². The third-order valence-corrected chi connectivity index (χ3v) is 1.59. The van der Waals surface area contributed by atoms with Gasteiger partial charge in [-0.15, -0.1) is 0 Å². The van der Waals surface area contributed by atoms with Crippen molar-refractivity contribution < 1.29 is 4.55 Å². The average Bonchev–Trinajstić information content (AvgIpc) is 1.68. The van der Waals surface area contributed by atoms with Crippen LogP contribution < -0.4 is 0 Å². The maximum Gasteiger partial charge on any atom is 0.123 e. The van der Waals surface area contributed by atoms with Crippen molar-refractivity contribution >= 4 is 11.2 Å². The van der Waals surface area contributed by atoms with Crippen LogP contribution in [0.3, 0.4) is 0 Å². The molecule has 0 aliphatic rings. The molecule has 0 N–H and O–H groups in total. The highest BCUT2D eigenvalue weighted by molar-refractivity contribution is 7.91. The summed E-state index contributed by atoms with van der Waals surface area (Å²) in [6, 6.07) is 0. The predicted octanol–water partition coefficient (Wildman–Crippen LogP) is 0.755. The van der Waals surface area contributed by atoms with Crippen LogP contribution in [0.2, 0.25) is 0 Å². The van der Waals surface area contributed by atoms with Gasteiger partial charge in [0.15, 0.2) is 0 Å². The Hall–Kier alpha value is 0.0500. The zero-order valence-electron chi connectivity index (χ0n) is 4.22. The molecule has 0 aromatic carbocycles. The van der Waals surface area contributed by atoms with Crippen LogP contribution in [-0.4, -0.2) is 16.1 Å². The highest BCUT2D eigenvalue weighted by atomic mass is 32.2. The highest BCUT2D eigenvalue weighted by Gasteiger charge is 1.93. The van der Waals surface area contributed by atoms with Gasteiger partial charge >= 0.3 is 0 Å². The Kier molecular flexibility index (Phi) is 4.25. The smallest absolute Gasteiger partial charge is 0.123 e. The summed E-state index contributed by atoms with van der Waals surface area (Å²) in [6.45, 7) is 6.88. The topological polar surface area (TPSA) is 23.1 Å². The summed E-state index contributed by atoms with van der Waals surface area (Å²) in [4.78, 5) is 0. The fraction of sp³-hybridized carbons (Fsp3) is 0.400. The van der Waals surface area contributed by atoms with E-state index in [9.17, 15) is 4.55 Å². The normalized spacial score (nSPS) is 13.4. The second-order valence-corrected chi connectivity index (χ2v) is 2.72. The minimum atomic E-state index is -0.756. The van der Waals surface area contributed by atoms with Crippen LogP contribution in [0, 0.1) is 6.92 Å². The first-order valence-corrected chi connectivity index (χ1v) is 3.55. The molecule has 0 heterocycles. The molecule has 2 heteroatoms. The lowest BCUT2D eigenvalue weighted by Gasteiger charge is -2.02. The molecule has 0 aliphatic heterocycles. The van der Waals surface area contributed by atoms with Gasteiger partial charge in [-0.25, -0.2) is 0 Å². The van der Waals surface area contributed by atoms with Gasteiger partial charge in [-0.05, 0) is 24.2 Å². The minimum Gasteiger partial charge on any atom is -0.616 e. The molecule has 0 saturated heterocycles. The van der Waals surface area contributed by atoms with E-state index in [1.54, 1.807) is 6.08 Å². The summed E-state index contributed by atoms with van der Waals surface area (Å²) in [6.07, 6.45) is 1.64. The molecule has 0 aliphatic carbocycles. The quantitative estimate of drug-likeness (QED) is 0.395. The van der Waals surface area contributed by atoms with Crippen LogP contribution in [0.4, 0.5) is 0 Å². The van der Waals surface area contributed by atoms with Crippen LogP contribution >= 0.6 is 0 Å². The standard InChI is InChI=1S/C5H9OS/c1-3-5-7(6)4-2/h3H,1-2,4-5H2. The molecule has 41 valence electrons. The first kappa shape index (κ1) is 7.05. The zero-order valence-corrected chi connectivity index (χ0v) is 5.04. The monoisotopic (exact) mass is 117 g/mol. The Morgan fingerprint density at radius 1 is 1.71 bits per heavy atom. The number of hydrogen-bond acceptors (Lipinski definition) is 1. The van der Waals surface area contributed by atoms with Crippen molar-refractivity contribution in [3.05, 3.63) is 19.6 Å². The molecular formula is C5H9OS. The minimum absolute atomic E-state index is 0.492. The Balaban J connectivity index is 2.98. The largest absolute Gasteiger partial charge is 0.616 e. The van der Waals surface area contributed by atoms with E-state index in [1.807, 2.05) is 0 Å². The first-order chi connectivity index (χ1) is 3.31. The summed E-state index contributed by atoms with van der Waals surface area (Å²) >= 11 is -0.756. The molecule has 0 bridgehead atoms. The van der Waals surface area contributed by atoms with Crippen molar-refractivity contribution in [2.24, 2.45) is 0 Å². The van der Waals surface area contributed by atoms with Crippen molar-refractivity contribution in [2.45, 2.75) is 0 Å². The van der Waals surface area contributed by atoms with Crippen molar-refractivity contribution in [2.75, 3.05) is 11.5 Å². The summed E-state index contributed by atoms with van der Waals surface area (Å²) in [5.41, 5.74) is 0. The van der Waals surface area contributed by atoms with Gasteiger partial charge < -0.3 is 4.55 Å². The molecule has 1 radical (unpaired) electrons. The second kappa shape index (κ2) is 4.22. The zero-order chi connectivity index (χ0) is 5.70. The second-order valence-electron chi connectivity index (χ2n) is 1.10. The third-order valence-electron chi connectivity index (χ3n) is 0.531. The summed E-state index contributed by atoms with van der Waals surface area (Å²) in [5, 5.41) is 0. The van der Waals surface area contributed by atoms with Gasteiger partial charge in [0.2, 0.25) is 0 Å². The maximum absolute atomic E-state index is 10.4. The van der Waals surface area contributed by atoms with E-state index < -0.39 is 11.2 Å². The van der Waals surface area contributed by atoms with Gasteiger partial charge in [-0.1, -0.05) is 6.58 Å². The van der Waals surface area contributed by atoms with E-state index in [0.717, 1.165) is 0 Å². The van der Waals surface area contributed by atoms with Crippen LogP contribution in [0.15, 0.2) is 12.7 Å². The fourth-order valence-electron chi connectivity index (χ4n) is 0.215. The SMILES string of the molecule is [CH2]C[S+]([O-])CC=C. The molecule has 0 aromatic rings. The van der Waals surface area contributed by atoms with Crippen LogP contribution in [0.1, 0.15) is 0 Å². The van der Waals surface area contributed by atoms with E-state index in [0.29, 0.717) is 11.5 Å². The fourth-order valence-corrected chi connectivity index (χ4v) is 0.644. The lowest BCUT2D eigenvalue weighted by molar-refractivity contribution is 0.600. The van der Waals surface area contributed by atoms with E-state index in [1.165, 1.54) is 0 Å². The molecule has 0 fully saturated rings. The maximum atomic E-state index is 10.4. The van der Waals surface area contributed by atoms with E-state index in [4.69, 9.17) is 0 Å². The van der Waals surface area contributed by atoms with Crippen molar-refractivity contribution in [3.63, 3.8) is 0 Å². The van der Waals surface area contributed by atoms with Crippen molar-refractivity contribution in [1.82, 2.24) is 0 Å². The lowest BCUT2D eigenvalue weighted by atomic mass is 10.8. The molecule has 0 aromatic heterocycles. The van der Waals surface area contributed by atoms with Gasteiger partial charge in [0.1, 0.15) is 11.5 Å². The summed E-state index contributed by atoms with van der Waals surface area (Å²) in [5.74, 6) is 1.06. The molecule has 0 amide bonds. The number of hydrogen-bond donors (Lipinski definition) is 0. The molecule has 0 spiro atoms. The highest BCUT2D eigenvalue weighted by Crippen LogP contribution is 1.86. The lowest BCUT2D eigenvalue weighted by Crippen LogP contribution is -2.05. The number of rotatable bonds is 3. The predicted molar refractivity (Wildman–Crippen MR) is 33.4 cm³/mol. The van der Waals surface area contributed by atoms with Gasteiger partial charge in [0.25, 0.3) is 0 Å². The van der Waals surface area contributed by atoms with Crippen molar-refractivity contribution in [3.8, 4) is 0 Å². The van der Waals surface area contributed by atoms with Gasteiger partial charge in [0.05, 0.1) is 0 Å². The molecule has 1 atom stereocenters. The Bertz CT molecular complexity index is 54.0. The summed E-state index contributed by atoms with van der Waals surface area (Å²) < 4.78 is 10.4. The Morgan fingerprint density at radius 3 is 2.43 bits per heavy atom. The molecule has 1 unspecified atom stereocenters. The molecule has 0 saturated carbocycles. The first-order valence-electron chi connectivity index (χ1n) is 2.06. The summed E-state index contributed by atoms with van der Waals surface area (Å²) in [7, 11) is 0. The Morgan fingerprint density at radius 2 is 2.29 bits per heavy atom. The average molecular weight is 117 g/mol. The molecule has 1 nitrogen and oxygen atoms in total. The van der Waals surface area contributed by atoms with Crippen molar-refractivity contribution in [1.29, 1.82) is 0 Å². The Labute approximate surface area is 47.6 Å². The third kappa shape index (κ3) is 3.89. The van der Waals surface area contributed by atoms with E-state index >= 15 is 0 Å².